The molecule has 1 aliphatic heterocycles. The highest BCUT2D eigenvalue weighted by Gasteiger charge is 2.15. The lowest BCUT2D eigenvalue weighted by molar-refractivity contribution is 0.171. The summed E-state index contributed by atoms with van der Waals surface area (Å²) in [4.78, 5) is 0. The molecule has 0 aliphatic carbocycles. The lowest BCUT2D eigenvalue weighted by Crippen LogP contribution is -2.42. The Balaban J connectivity index is 2.02. The molecule has 1 aliphatic rings. The van der Waals surface area contributed by atoms with Crippen LogP contribution >= 0.6 is 0 Å². The lowest BCUT2D eigenvalue weighted by atomic mass is 10.1. The van der Waals surface area contributed by atoms with Gasteiger partial charge in [0.25, 0.3) is 0 Å². The van der Waals surface area contributed by atoms with Gasteiger partial charge in [0.15, 0.2) is 11.5 Å². The summed E-state index contributed by atoms with van der Waals surface area (Å²) in [5.41, 5.74) is 1.12. The Morgan fingerprint density at radius 3 is 2.59 bits per heavy atom. The van der Waals surface area contributed by atoms with Crippen LogP contribution in [0.4, 0.5) is 5.69 Å². The predicted molar refractivity (Wildman–Crippen MR) is 69.1 cm³/mol. The average Bonchev–Trinajstić information content (AvgIpc) is 2.36. The van der Waals surface area contributed by atoms with Crippen LogP contribution in [0.2, 0.25) is 0 Å². The van der Waals surface area contributed by atoms with E-state index in [0.29, 0.717) is 13.2 Å². The van der Waals surface area contributed by atoms with Crippen LogP contribution in [-0.4, -0.2) is 32.3 Å². The largest absolute Gasteiger partial charge is 0.486 e. The normalized spacial score (nSPS) is 14.5. The van der Waals surface area contributed by atoms with Gasteiger partial charge in [-0.15, -0.1) is 0 Å². The second kappa shape index (κ2) is 4.84. The number of ether oxygens (including phenoxy) is 2. The number of anilines is 1. The molecule has 0 unspecified atom stereocenters. The maximum Gasteiger partial charge on any atom is 0.163 e. The summed E-state index contributed by atoms with van der Waals surface area (Å²) in [6.07, 6.45) is 0. The minimum atomic E-state index is 0.0628. The standard InChI is InChI=1S/C13H20N2O2/c1-13(2,14-3)9-15-10-4-5-11-12(8-10)17-7-6-16-11/h4-5,8,14-15H,6-7,9H2,1-3H3. The molecule has 2 N–H and O–H groups in total. The van der Waals surface area contributed by atoms with E-state index in [1.807, 2.05) is 25.2 Å². The van der Waals surface area contributed by atoms with Gasteiger partial charge in [-0.25, -0.2) is 0 Å². The van der Waals surface area contributed by atoms with Gasteiger partial charge in [-0.1, -0.05) is 0 Å². The quantitative estimate of drug-likeness (QED) is 0.837. The molecule has 0 amide bonds. The Hall–Kier alpha value is -1.42. The molecule has 0 saturated carbocycles. The van der Waals surface area contributed by atoms with Crippen molar-refractivity contribution in [3.8, 4) is 11.5 Å². The van der Waals surface area contributed by atoms with Crippen LogP contribution in [0.3, 0.4) is 0 Å². The molecule has 2 rings (SSSR count). The van der Waals surface area contributed by atoms with Crippen molar-refractivity contribution < 1.29 is 9.47 Å². The molecule has 0 spiro atoms. The molecule has 4 nitrogen and oxygen atoms in total. The molecule has 1 aromatic carbocycles. The van der Waals surface area contributed by atoms with E-state index in [-0.39, 0.29) is 5.54 Å². The highest BCUT2D eigenvalue weighted by molar-refractivity contribution is 5.55. The van der Waals surface area contributed by atoms with Crippen LogP contribution < -0.4 is 20.1 Å². The highest BCUT2D eigenvalue weighted by Crippen LogP contribution is 2.32. The van der Waals surface area contributed by atoms with E-state index in [9.17, 15) is 0 Å². The minimum absolute atomic E-state index is 0.0628. The van der Waals surface area contributed by atoms with Crippen LogP contribution in [0.5, 0.6) is 11.5 Å². The van der Waals surface area contributed by atoms with Gasteiger partial charge in [0.2, 0.25) is 0 Å². The first-order chi connectivity index (χ1) is 8.11. The summed E-state index contributed by atoms with van der Waals surface area (Å²) in [7, 11) is 1.96. The van der Waals surface area contributed by atoms with Crippen LogP contribution in [0.1, 0.15) is 13.8 Å². The van der Waals surface area contributed by atoms with Gasteiger partial charge < -0.3 is 20.1 Å². The summed E-state index contributed by atoms with van der Waals surface area (Å²) in [6, 6.07) is 5.95. The molecule has 94 valence electrons. The Morgan fingerprint density at radius 1 is 1.18 bits per heavy atom. The zero-order valence-electron chi connectivity index (χ0n) is 10.7. The fourth-order valence-electron chi connectivity index (χ4n) is 1.56. The third-order valence-electron chi connectivity index (χ3n) is 2.95. The first-order valence-electron chi connectivity index (χ1n) is 5.93. The molecule has 0 bridgehead atoms. The number of rotatable bonds is 4. The van der Waals surface area contributed by atoms with E-state index < -0.39 is 0 Å². The third-order valence-corrected chi connectivity index (χ3v) is 2.95. The third kappa shape index (κ3) is 3.03. The second-order valence-corrected chi connectivity index (χ2v) is 4.85. The van der Waals surface area contributed by atoms with Gasteiger partial charge in [0.1, 0.15) is 13.2 Å². The van der Waals surface area contributed by atoms with Crippen molar-refractivity contribution in [2.45, 2.75) is 19.4 Å². The molecule has 1 heterocycles. The van der Waals surface area contributed by atoms with E-state index in [1.54, 1.807) is 0 Å². The van der Waals surface area contributed by atoms with Gasteiger partial charge in [0, 0.05) is 23.8 Å². The SMILES string of the molecule is CNC(C)(C)CNc1ccc2c(c1)OCCO2. The molecular formula is C13H20N2O2. The molecule has 1 aromatic rings. The number of likely N-dealkylation sites (N-methyl/N-ethyl adjacent to an activating group) is 1. The highest BCUT2D eigenvalue weighted by atomic mass is 16.6. The fraction of sp³-hybridized carbons (Fsp3) is 0.538. The monoisotopic (exact) mass is 236 g/mol. The lowest BCUT2D eigenvalue weighted by Gasteiger charge is -2.25. The zero-order valence-corrected chi connectivity index (χ0v) is 10.7. The Bertz CT molecular complexity index is 391. The Labute approximate surface area is 102 Å². The number of hydrogen-bond acceptors (Lipinski definition) is 4. The first-order valence-corrected chi connectivity index (χ1v) is 5.93. The van der Waals surface area contributed by atoms with Crippen LogP contribution in [-0.2, 0) is 0 Å². The number of nitrogens with one attached hydrogen (secondary N) is 2. The molecular weight excluding hydrogens is 216 g/mol. The van der Waals surface area contributed by atoms with Gasteiger partial charge in [-0.2, -0.15) is 0 Å². The maximum atomic E-state index is 5.54. The van der Waals surface area contributed by atoms with Crippen molar-refractivity contribution in [3.63, 3.8) is 0 Å². The Morgan fingerprint density at radius 2 is 1.88 bits per heavy atom. The zero-order chi connectivity index (χ0) is 12.3. The van der Waals surface area contributed by atoms with E-state index >= 15 is 0 Å². The van der Waals surface area contributed by atoms with Crippen molar-refractivity contribution in [2.75, 3.05) is 32.1 Å². The number of hydrogen-bond donors (Lipinski definition) is 2. The van der Waals surface area contributed by atoms with Gasteiger partial charge >= 0.3 is 0 Å². The van der Waals surface area contributed by atoms with E-state index in [2.05, 4.69) is 24.5 Å². The van der Waals surface area contributed by atoms with Crippen molar-refractivity contribution in [2.24, 2.45) is 0 Å². The number of fused-ring (bicyclic) bond motifs is 1. The predicted octanol–water partition coefficient (Wildman–Crippen LogP) is 1.87. The van der Waals surface area contributed by atoms with Crippen LogP contribution in [0.15, 0.2) is 18.2 Å². The molecule has 0 saturated heterocycles. The summed E-state index contributed by atoms with van der Waals surface area (Å²) in [6.45, 7) is 6.41. The van der Waals surface area contributed by atoms with Gasteiger partial charge in [-0.05, 0) is 33.0 Å². The summed E-state index contributed by atoms with van der Waals surface area (Å²) in [5, 5.41) is 6.64. The van der Waals surface area contributed by atoms with Crippen LogP contribution in [0, 0.1) is 0 Å². The molecule has 0 aromatic heterocycles. The minimum Gasteiger partial charge on any atom is -0.486 e. The first kappa shape index (κ1) is 12.0. The summed E-state index contributed by atoms with van der Waals surface area (Å²) < 4.78 is 11.0. The van der Waals surface area contributed by atoms with Gasteiger partial charge in [0.05, 0.1) is 0 Å². The number of benzene rings is 1. The van der Waals surface area contributed by atoms with E-state index in [1.165, 1.54) is 0 Å². The molecule has 17 heavy (non-hydrogen) atoms. The topological polar surface area (TPSA) is 42.5 Å². The smallest absolute Gasteiger partial charge is 0.163 e. The van der Waals surface area contributed by atoms with Crippen LogP contribution in [0.25, 0.3) is 0 Å². The molecule has 0 fully saturated rings. The molecule has 4 heteroatoms. The Kier molecular flexibility index (Phi) is 3.43. The molecule has 0 radical (unpaired) electrons. The summed E-state index contributed by atoms with van der Waals surface area (Å²) in [5.74, 6) is 1.65. The molecule has 0 atom stereocenters. The second-order valence-electron chi connectivity index (χ2n) is 4.85. The van der Waals surface area contributed by atoms with Crippen molar-refractivity contribution in [1.29, 1.82) is 0 Å². The van der Waals surface area contributed by atoms with Crippen molar-refractivity contribution >= 4 is 5.69 Å². The van der Waals surface area contributed by atoms with Gasteiger partial charge in [-0.3, -0.25) is 0 Å². The maximum absolute atomic E-state index is 5.54. The van der Waals surface area contributed by atoms with E-state index in [4.69, 9.17) is 9.47 Å². The average molecular weight is 236 g/mol. The van der Waals surface area contributed by atoms with Crippen molar-refractivity contribution in [1.82, 2.24) is 5.32 Å². The fourth-order valence-corrected chi connectivity index (χ4v) is 1.56. The summed E-state index contributed by atoms with van der Waals surface area (Å²) >= 11 is 0. The van der Waals surface area contributed by atoms with E-state index in [0.717, 1.165) is 23.7 Å². The van der Waals surface area contributed by atoms with Crippen molar-refractivity contribution in [3.05, 3.63) is 18.2 Å².